The number of hydrogen-bond acceptors (Lipinski definition) is 5. The summed E-state index contributed by atoms with van der Waals surface area (Å²) < 4.78 is 13.3. The van der Waals surface area contributed by atoms with Crippen LogP contribution >= 0.6 is 0 Å². The van der Waals surface area contributed by atoms with E-state index in [9.17, 15) is 9.59 Å². The second-order valence-corrected chi connectivity index (χ2v) is 19.2. The Morgan fingerprint density at radius 2 is 1.70 bits per heavy atom. The third kappa shape index (κ3) is 9.47. The molecule has 1 saturated carbocycles. The van der Waals surface area contributed by atoms with Crippen molar-refractivity contribution >= 4 is 25.8 Å². The summed E-state index contributed by atoms with van der Waals surface area (Å²) in [6.45, 7) is 20.0. The minimum absolute atomic E-state index is 0.0760. The van der Waals surface area contributed by atoms with E-state index in [2.05, 4.69) is 44.1 Å². The first-order valence-corrected chi connectivity index (χ1v) is 18.4. The molecular weight excluding hydrogens is 520 g/mol. The lowest BCUT2D eigenvalue weighted by atomic mass is 9.79. The van der Waals surface area contributed by atoms with E-state index < -0.39 is 25.8 Å². The van der Waals surface area contributed by atoms with Crippen LogP contribution in [0.1, 0.15) is 64.8 Å². The molecular formula is C31H50N4O4Si. The molecule has 0 unspecified atom stereocenters. The summed E-state index contributed by atoms with van der Waals surface area (Å²) in [4.78, 5) is 26.0. The van der Waals surface area contributed by atoms with E-state index in [0.717, 1.165) is 60.8 Å². The molecule has 1 aliphatic carbocycles. The van der Waals surface area contributed by atoms with E-state index in [1.165, 1.54) is 0 Å². The fourth-order valence-electron chi connectivity index (χ4n) is 5.16. The van der Waals surface area contributed by atoms with Gasteiger partial charge in [0.15, 0.2) is 0 Å². The zero-order valence-corrected chi connectivity index (χ0v) is 27.0. The van der Waals surface area contributed by atoms with Crippen molar-refractivity contribution in [3.8, 4) is 11.1 Å². The molecule has 1 aliphatic rings. The molecule has 9 heteroatoms. The number of alkyl carbamates (subject to hydrolysis) is 1. The first-order chi connectivity index (χ1) is 18.6. The van der Waals surface area contributed by atoms with Crippen molar-refractivity contribution in [2.24, 2.45) is 11.8 Å². The largest absolute Gasteiger partial charge is 0.444 e. The quantitative estimate of drug-likeness (QED) is 0.234. The van der Waals surface area contributed by atoms with E-state index in [0.29, 0.717) is 18.3 Å². The molecule has 0 radical (unpaired) electrons. The van der Waals surface area contributed by atoms with E-state index in [1.54, 1.807) is 0 Å². The summed E-state index contributed by atoms with van der Waals surface area (Å²) >= 11 is 0. The maximum atomic E-state index is 13.4. The fourth-order valence-corrected chi connectivity index (χ4v) is 5.92. The Morgan fingerprint density at radius 3 is 2.27 bits per heavy atom. The minimum Gasteiger partial charge on any atom is -0.444 e. The topological polar surface area (TPSA) is 94.5 Å². The van der Waals surface area contributed by atoms with Crippen LogP contribution in [0.4, 0.5) is 10.5 Å². The summed E-state index contributed by atoms with van der Waals surface area (Å²) in [5.41, 5.74) is 4.16. The van der Waals surface area contributed by atoms with Crippen LogP contribution in [0.5, 0.6) is 0 Å². The van der Waals surface area contributed by atoms with Crippen molar-refractivity contribution in [2.75, 3.05) is 11.9 Å². The van der Waals surface area contributed by atoms with Gasteiger partial charge < -0.3 is 20.1 Å². The van der Waals surface area contributed by atoms with Gasteiger partial charge >= 0.3 is 6.09 Å². The number of benzene rings is 1. The number of hydrogen-bond donors (Lipinski definition) is 2. The zero-order chi connectivity index (χ0) is 29.7. The molecule has 2 amide bonds. The average Bonchev–Trinajstić information content (AvgIpc) is 3.12. The standard InChI is InChI=1S/C31H50N4O4Si/c1-21-10-12-25(13-11-21)28(33-30(37)39-31(4,5)6)29(36)32-26-16-14-24(15-17-26)27-22(2)34-35(23(27)3)20-38-18-19-40(7,8)9/h14-17,21,25,28H,10-13,18-20H2,1-9H3,(H,32,36)(H,33,37)/t21-,25-,28-/m0/s1. The molecule has 8 nitrogen and oxygen atoms in total. The smallest absolute Gasteiger partial charge is 0.408 e. The third-order valence-corrected chi connectivity index (χ3v) is 9.22. The molecule has 1 fully saturated rings. The Hall–Kier alpha value is -2.65. The number of anilines is 1. The highest BCUT2D eigenvalue weighted by atomic mass is 28.3. The van der Waals surface area contributed by atoms with Crippen LogP contribution in [-0.4, -0.2) is 48.1 Å². The van der Waals surface area contributed by atoms with Gasteiger partial charge in [-0.05, 0) is 83.0 Å². The highest BCUT2D eigenvalue weighted by Gasteiger charge is 2.33. The molecule has 0 aliphatic heterocycles. The van der Waals surface area contributed by atoms with Gasteiger partial charge in [-0.15, -0.1) is 0 Å². The molecule has 2 aromatic rings. The highest BCUT2D eigenvalue weighted by Crippen LogP contribution is 2.32. The lowest BCUT2D eigenvalue weighted by Gasteiger charge is -2.33. The Balaban J connectivity index is 1.69. The molecule has 1 heterocycles. The van der Waals surface area contributed by atoms with Crippen molar-refractivity contribution in [1.29, 1.82) is 0 Å². The van der Waals surface area contributed by atoms with E-state index in [-0.39, 0.29) is 11.8 Å². The molecule has 1 atom stereocenters. The summed E-state index contributed by atoms with van der Waals surface area (Å²) in [7, 11) is -1.13. The lowest BCUT2D eigenvalue weighted by Crippen LogP contribution is -2.50. The summed E-state index contributed by atoms with van der Waals surface area (Å²) in [5.74, 6) is 0.503. The number of amides is 2. The SMILES string of the molecule is Cc1nn(COCC[Si](C)(C)C)c(C)c1-c1ccc(NC(=O)[C@@H](NC(=O)OC(C)(C)C)[C@H]2CC[C@H](C)CC2)cc1. The van der Waals surface area contributed by atoms with Gasteiger partial charge in [0.05, 0.1) is 5.69 Å². The normalized spacial score (nSPS) is 18.7. The Kier molecular flexibility index (Phi) is 10.6. The number of rotatable bonds is 10. The molecule has 1 aromatic heterocycles. The van der Waals surface area contributed by atoms with Gasteiger partial charge in [-0.2, -0.15) is 5.10 Å². The number of ether oxygens (including phenoxy) is 2. The highest BCUT2D eigenvalue weighted by molar-refractivity contribution is 6.76. The predicted molar refractivity (Wildman–Crippen MR) is 164 cm³/mol. The van der Waals surface area contributed by atoms with Gasteiger partial charge in [-0.25, -0.2) is 9.48 Å². The minimum atomic E-state index is -1.13. The Bertz CT molecular complexity index is 1140. The third-order valence-electron chi connectivity index (χ3n) is 7.52. The molecule has 3 rings (SSSR count). The zero-order valence-electron chi connectivity index (χ0n) is 26.0. The van der Waals surface area contributed by atoms with Crippen LogP contribution in [0.2, 0.25) is 25.7 Å². The summed E-state index contributed by atoms with van der Waals surface area (Å²) in [5, 5.41) is 10.6. The molecule has 1 aromatic carbocycles. The molecule has 40 heavy (non-hydrogen) atoms. The van der Waals surface area contributed by atoms with Gasteiger partial charge in [-0.3, -0.25) is 4.79 Å². The Labute approximate surface area is 241 Å². The van der Waals surface area contributed by atoms with Gasteiger partial charge in [0, 0.05) is 31.6 Å². The molecule has 222 valence electrons. The first kappa shape index (κ1) is 31.9. The van der Waals surface area contributed by atoms with Crippen LogP contribution in [0.25, 0.3) is 11.1 Å². The van der Waals surface area contributed by atoms with E-state index >= 15 is 0 Å². The second kappa shape index (κ2) is 13.3. The fraction of sp³-hybridized carbons (Fsp3) is 0.645. The number of aryl methyl sites for hydroxylation is 1. The van der Waals surface area contributed by atoms with E-state index in [4.69, 9.17) is 14.6 Å². The second-order valence-electron chi connectivity index (χ2n) is 13.6. The van der Waals surface area contributed by atoms with Crippen molar-refractivity contribution in [3.63, 3.8) is 0 Å². The van der Waals surface area contributed by atoms with Crippen LogP contribution in [0, 0.1) is 25.7 Å². The van der Waals surface area contributed by atoms with Crippen molar-refractivity contribution in [3.05, 3.63) is 35.7 Å². The van der Waals surface area contributed by atoms with Crippen molar-refractivity contribution < 1.29 is 19.1 Å². The van der Waals surface area contributed by atoms with Gasteiger partial charge in [0.2, 0.25) is 5.91 Å². The van der Waals surface area contributed by atoms with Gasteiger partial charge in [0.25, 0.3) is 0 Å². The average molecular weight is 571 g/mol. The number of aromatic nitrogens is 2. The first-order valence-electron chi connectivity index (χ1n) is 14.7. The maximum absolute atomic E-state index is 13.4. The van der Waals surface area contributed by atoms with Crippen molar-refractivity contribution in [1.82, 2.24) is 15.1 Å². The van der Waals surface area contributed by atoms with Crippen LogP contribution in [-0.2, 0) is 21.0 Å². The van der Waals surface area contributed by atoms with Gasteiger partial charge in [0.1, 0.15) is 18.4 Å². The van der Waals surface area contributed by atoms with Crippen LogP contribution in [0.15, 0.2) is 24.3 Å². The number of carbonyl (C=O) groups excluding carboxylic acids is 2. The van der Waals surface area contributed by atoms with Crippen molar-refractivity contribution in [2.45, 2.75) is 111 Å². The van der Waals surface area contributed by atoms with Crippen LogP contribution in [0.3, 0.4) is 0 Å². The van der Waals surface area contributed by atoms with E-state index in [1.807, 2.05) is 56.6 Å². The predicted octanol–water partition coefficient (Wildman–Crippen LogP) is 7.14. The summed E-state index contributed by atoms with van der Waals surface area (Å²) in [6.07, 6.45) is 3.34. The lowest BCUT2D eigenvalue weighted by molar-refractivity contribution is -0.119. The molecule has 0 saturated heterocycles. The number of nitrogens with zero attached hydrogens (tertiary/aromatic N) is 2. The van der Waals surface area contributed by atoms with Crippen LogP contribution < -0.4 is 10.6 Å². The monoisotopic (exact) mass is 570 g/mol. The molecule has 2 N–H and O–H groups in total. The number of nitrogens with one attached hydrogen (secondary N) is 2. The summed E-state index contributed by atoms with van der Waals surface area (Å²) in [6, 6.07) is 8.29. The molecule has 0 spiro atoms. The maximum Gasteiger partial charge on any atom is 0.408 e. The number of carbonyl (C=O) groups is 2. The Morgan fingerprint density at radius 1 is 1.07 bits per heavy atom. The molecule has 0 bridgehead atoms. The van der Waals surface area contributed by atoms with Gasteiger partial charge in [-0.1, -0.05) is 51.5 Å².